The molecule has 0 radical (unpaired) electrons. The van der Waals surface area contributed by atoms with Crippen LogP contribution in [0.15, 0.2) is 66.7 Å². The van der Waals surface area contributed by atoms with Gasteiger partial charge >= 0.3 is 6.18 Å². The molecule has 0 fully saturated rings. The molecule has 1 amide bonds. The highest BCUT2D eigenvalue weighted by atomic mass is 35.5. The standard InChI is InChI=1S/C31H25ClF3N7O2/c1-18-4-6-19(7-5-18)27(43)26-23(17-36)28(42(40-26)22-11-9-21(32)10-12-22)37-14-3-15-38-29(44)20-8-13-25-24(16-20)39-30(41(25)2)31(33,34)35/h4-13,16,37H,3,14-15H2,1-2H3,(H,38,44). The average Bonchev–Trinajstić information content (AvgIpc) is 3.54. The van der Waals surface area contributed by atoms with Crippen LogP contribution in [-0.4, -0.2) is 44.1 Å². The fraction of sp³-hybridized carbons (Fsp3) is 0.194. The molecule has 2 N–H and O–H groups in total. The number of fused-ring (bicyclic) bond motifs is 1. The van der Waals surface area contributed by atoms with Crippen LogP contribution < -0.4 is 10.6 Å². The molecule has 0 aliphatic heterocycles. The Kier molecular flexibility index (Phi) is 8.42. The fourth-order valence-electron chi connectivity index (χ4n) is 4.65. The first-order valence-electron chi connectivity index (χ1n) is 13.4. The Hall–Kier alpha value is -5.15. The number of amides is 1. The van der Waals surface area contributed by atoms with Gasteiger partial charge in [0.1, 0.15) is 17.5 Å². The Bertz CT molecular complexity index is 1900. The van der Waals surface area contributed by atoms with Crippen LogP contribution in [0.3, 0.4) is 0 Å². The summed E-state index contributed by atoms with van der Waals surface area (Å²) in [5.74, 6) is -1.62. The van der Waals surface area contributed by atoms with E-state index in [0.29, 0.717) is 35.1 Å². The van der Waals surface area contributed by atoms with Gasteiger partial charge in [-0.2, -0.15) is 23.5 Å². The molecule has 224 valence electrons. The first-order valence-corrected chi connectivity index (χ1v) is 13.8. The van der Waals surface area contributed by atoms with E-state index in [1.165, 1.54) is 29.9 Å². The topological polar surface area (TPSA) is 118 Å². The van der Waals surface area contributed by atoms with Crippen LogP contribution in [0.5, 0.6) is 0 Å². The van der Waals surface area contributed by atoms with E-state index in [1.54, 1.807) is 48.5 Å². The van der Waals surface area contributed by atoms with Crippen LogP contribution in [0.4, 0.5) is 19.0 Å². The van der Waals surface area contributed by atoms with Crippen molar-refractivity contribution in [3.8, 4) is 11.8 Å². The second-order valence-corrected chi connectivity index (χ2v) is 10.4. The zero-order valence-electron chi connectivity index (χ0n) is 23.5. The van der Waals surface area contributed by atoms with Gasteiger partial charge in [0, 0.05) is 36.3 Å². The quantitative estimate of drug-likeness (QED) is 0.153. The number of rotatable bonds is 9. The van der Waals surface area contributed by atoms with Gasteiger partial charge in [0.15, 0.2) is 5.69 Å². The summed E-state index contributed by atoms with van der Waals surface area (Å²) in [5.41, 5.74) is 2.48. The number of aromatic nitrogens is 4. The minimum absolute atomic E-state index is 0.0132. The average molecular weight is 620 g/mol. The number of imidazole rings is 1. The SMILES string of the molecule is Cc1ccc(C(=O)c2nn(-c3ccc(Cl)cc3)c(NCCCNC(=O)c3ccc4c(c3)nc(C(F)(F)F)n4C)c2C#N)cc1. The number of aryl methyl sites for hydroxylation is 2. The van der Waals surface area contributed by atoms with E-state index in [-0.39, 0.29) is 34.4 Å². The van der Waals surface area contributed by atoms with Crippen molar-refractivity contribution in [2.24, 2.45) is 7.05 Å². The summed E-state index contributed by atoms with van der Waals surface area (Å²) in [4.78, 5) is 29.7. The normalized spacial score (nSPS) is 11.4. The third-order valence-corrected chi connectivity index (χ3v) is 7.18. The largest absolute Gasteiger partial charge is 0.449 e. The van der Waals surface area contributed by atoms with Crippen molar-refractivity contribution in [2.45, 2.75) is 19.5 Å². The molecule has 5 rings (SSSR count). The molecular weight excluding hydrogens is 595 g/mol. The van der Waals surface area contributed by atoms with Gasteiger partial charge in [-0.25, -0.2) is 9.67 Å². The lowest BCUT2D eigenvalue weighted by Crippen LogP contribution is -2.26. The summed E-state index contributed by atoms with van der Waals surface area (Å²) < 4.78 is 42.0. The number of hydrogen-bond donors (Lipinski definition) is 2. The van der Waals surface area contributed by atoms with Crippen molar-refractivity contribution in [1.29, 1.82) is 5.26 Å². The molecule has 0 bridgehead atoms. The van der Waals surface area contributed by atoms with Crippen molar-refractivity contribution < 1.29 is 22.8 Å². The lowest BCUT2D eigenvalue weighted by molar-refractivity contribution is -0.146. The monoisotopic (exact) mass is 619 g/mol. The summed E-state index contributed by atoms with van der Waals surface area (Å²) in [6.45, 7) is 2.41. The maximum Gasteiger partial charge on any atom is 0.449 e. The Morgan fingerprint density at radius 1 is 1.00 bits per heavy atom. The van der Waals surface area contributed by atoms with Crippen molar-refractivity contribution in [1.82, 2.24) is 24.6 Å². The molecule has 3 aromatic carbocycles. The lowest BCUT2D eigenvalue weighted by Gasteiger charge is -2.11. The Morgan fingerprint density at radius 3 is 2.34 bits per heavy atom. The number of nitrogens with zero attached hydrogens (tertiary/aromatic N) is 5. The molecule has 0 atom stereocenters. The van der Waals surface area contributed by atoms with E-state index in [1.807, 2.05) is 6.92 Å². The second kappa shape index (κ2) is 12.2. The van der Waals surface area contributed by atoms with Crippen molar-refractivity contribution in [3.63, 3.8) is 0 Å². The lowest BCUT2D eigenvalue weighted by atomic mass is 10.0. The molecule has 0 unspecified atom stereocenters. The van der Waals surface area contributed by atoms with E-state index in [0.717, 1.165) is 10.1 Å². The zero-order valence-corrected chi connectivity index (χ0v) is 24.3. The number of anilines is 1. The van der Waals surface area contributed by atoms with E-state index in [2.05, 4.69) is 26.8 Å². The van der Waals surface area contributed by atoms with E-state index in [9.17, 15) is 28.0 Å². The first-order chi connectivity index (χ1) is 21.0. The fourth-order valence-corrected chi connectivity index (χ4v) is 4.78. The molecule has 13 heteroatoms. The maximum atomic E-state index is 13.3. The van der Waals surface area contributed by atoms with Crippen LogP contribution in [0, 0.1) is 18.3 Å². The molecule has 2 heterocycles. The predicted molar refractivity (Wildman–Crippen MR) is 159 cm³/mol. The number of alkyl halides is 3. The third kappa shape index (κ3) is 6.14. The van der Waals surface area contributed by atoms with Gasteiger partial charge in [0.25, 0.3) is 5.91 Å². The molecule has 0 aliphatic carbocycles. The summed E-state index contributed by atoms with van der Waals surface area (Å²) >= 11 is 6.05. The maximum absolute atomic E-state index is 13.3. The number of nitrogens with one attached hydrogen (secondary N) is 2. The zero-order chi connectivity index (χ0) is 31.6. The molecule has 44 heavy (non-hydrogen) atoms. The molecule has 0 saturated heterocycles. The van der Waals surface area contributed by atoms with Gasteiger partial charge < -0.3 is 15.2 Å². The van der Waals surface area contributed by atoms with Crippen molar-refractivity contribution in [2.75, 3.05) is 18.4 Å². The number of carbonyl (C=O) groups is 2. The summed E-state index contributed by atoms with van der Waals surface area (Å²) in [7, 11) is 1.27. The second-order valence-electron chi connectivity index (χ2n) is 10.00. The molecule has 5 aromatic rings. The number of hydrogen-bond acceptors (Lipinski definition) is 6. The van der Waals surface area contributed by atoms with Gasteiger partial charge in [-0.05, 0) is 55.8 Å². The third-order valence-electron chi connectivity index (χ3n) is 6.93. The van der Waals surface area contributed by atoms with Crippen molar-refractivity contribution in [3.05, 3.63) is 106 Å². The van der Waals surface area contributed by atoms with Crippen LogP contribution in [0.25, 0.3) is 16.7 Å². The number of nitriles is 1. The molecule has 9 nitrogen and oxygen atoms in total. The molecule has 0 saturated carbocycles. The summed E-state index contributed by atoms with van der Waals surface area (Å²) in [6, 6.07) is 20.0. The summed E-state index contributed by atoms with van der Waals surface area (Å²) in [6.07, 6.45) is -4.21. The van der Waals surface area contributed by atoms with E-state index < -0.39 is 23.7 Å². The van der Waals surface area contributed by atoms with Gasteiger partial charge in [0.05, 0.1) is 16.7 Å². The van der Waals surface area contributed by atoms with Crippen LogP contribution in [0.2, 0.25) is 5.02 Å². The van der Waals surface area contributed by atoms with Crippen LogP contribution >= 0.6 is 11.6 Å². The van der Waals surface area contributed by atoms with Crippen LogP contribution in [0.1, 0.15) is 49.8 Å². The van der Waals surface area contributed by atoms with Crippen LogP contribution in [-0.2, 0) is 13.2 Å². The summed E-state index contributed by atoms with van der Waals surface area (Å²) in [5, 5.41) is 20.9. The minimum Gasteiger partial charge on any atom is -0.369 e. The molecule has 0 aliphatic rings. The Morgan fingerprint density at radius 2 is 1.68 bits per heavy atom. The molecule has 2 aromatic heterocycles. The van der Waals surface area contributed by atoms with Gasteiger partial charge in [-0.15, -0.1) is 0 Å². The Labute approximate surface area is 254 Å². The smallest absolute Gasteiger partial charge is 0.369 e. The minimum atomic E-state index is -4.62. The van der Waals surface area contributed by atoms with E-state index in [4.69, 9.17) is 11.6 Å². The van der Waals surface area contributed by atoms with Crippen molar-refractivity contribution >= 4 is 40.1 Å². The van der Waals surface area contributed by atoms with Gasteiger partial charge in [-0.3, -0.25) is 9.59 Å². The number of benzene rings is 3. The predicted octanol–water partition coefficient (Wildman–Crippen LogP) is 6.07. The highest BCUT2D eigenvalue weighted by Gasteiger charge is 2.36. The Balaban J connectivity index is 1.30. The first kappa shape index (κ1) is 30.3. The highest BCUT2D eigenvalue weighted by molar-refractivity contribution is 6.30. The number of carbonyl (C=O) groups excluding carboxylic acids is 2. The van der Waals surface area contributed by atoms with E-state index >= 15 is 0 Å². The number of ketones is 1. The molecular formula is C31H25ClF3N7O2. The van der Waals surface area contributed by atoms with Gasteiger partial charge in [0.2, 0.25) is 11.6 Å². The highest BCUT2D eigenvalue weighted by Crippen LogP contribution is 2.31. The molecule has 0 spiro atoms. The number of halogens is 4. The van der Waals surface area contributed by atoms with Gasteiger partial charge in [-0.1, -0.05) is 41.4 Å².